The molecule has 2 aliphatic heterocycles. The zero-order valence-corrected chi connectivity index (χ0v) is 25.0. The summed E-state index contributed by atoms with van der Waals surface area (Å²) in [7, 11) is 1.69. The van der Waals surface area contributed by atoms with Gasteiger partial charge in [-0.05, 0) is 75.8 Å². The van der Waals surface area contributed by atoms with Crippen molar-refractivity contribution in [2.24, 2.45) is 5.92 Å². The summed E-state index contributed by atoms with van der Waals surface area (Å²) in [5, 5.41) is 12.7. The number of thiazole rings is 1. The van der Waals surface area contributed by atoms with Crippen molar-refractivity contribution < 1.29 is 19.4 Å². The Morgan fingerprint density at radius 3 is 2.44 bits per heavy atom. The van der Waals surface area contributed by atoms with Gasteiger partial charge >= 0.3 is 5.97 Å². The number of aliphatic carboxylic acids is 1. The SMILES string of the molecule is CC[C@@H]1CCCN1Cc1sc(NC(=O)c2cnc(N3CCC(C(=O)O)CC3)cn2)nc1-c1cc(C)c(OC)c(C)c1. The third kappa shape index (κ3) is 6.36. The normalized spacial score (nSPS) is 18.0. The highest BCUT2D eigenvalue weighted by Gasteiger charge is 2.27. The van der Waals surface area contributed by atoms with Crippen molar-refractivity contribution in [1.29, 1.82) is 0 Å². The highest BCUT2D eigenvalue weighted by molar-refractivity contribution is 7.16. The first-order valence-corrected chi connectivity index (χ1v) is 15.1. The standard InChI is InChI=1S/C30H38N6O4S/c1-5-22-7-6-10-36(22)17-24-26(21-13-18(2)27(40-4)19(3)14-21)33-30(41-24)34-28(37)23-15-32-25(16-31-23)35-11-8-20(9-12-35)29(38)39/h13-16,20,22H,5-12,17H2,1-4H3,(H,38,39)(H,33,34,37)/t22-/m1/s1. The molecule has 41 heavy (non-hydrogen) atoms. The number of hydrogen-bond donors (Lipinski definition) is 2. The van der Waals surface area contributed by atoms with E-state index in [1.54, 1.807) is 13.3 Å². The topological polar surface area (TPSA) is 121 Å². The number of ether oxygens (including phenoxy) is 1. The van der Waals surface area contributed by atoms with Gasteiger partial charge in [0, 0.05) is 36.1 Å². The van der Waals surface area contributed by atoms with Crippen LogP contribution < -0.4 is 15.0 Å². The van der Waals surface area contributed by atoms with Crippen LogP contribution in [0.25, 0.3) is 11.3 Å². The smallest absolute Gasteiger partial charge is 0.306 e. The van der Waals surface area contributed by atoms with Gasteiger partial charge < -0.3 is 14.7 Å². The van der Waals surface area contributed by atoms with Crippen LogP contribution in [0.1, 0.15) is 65.5 Å². The molecule has 0 spiro atoms. The number of piperidine rings is 1. The third-order valence-corrected chi connectivity index (χ3v) is 9.17. The molecule has 1 atom stereocenters. The molecule has 0 radical (unpaired) electrons. The Kier molecular flexibility index (Phi) is 8.84. The Morgan fingerprint density at radius 2 is 1.83 bits per heavy atom. The molecule has 4 heterocycles. The molecule has 2 aliphatic rings. The minimum absolute atomic E-state index is 0.203. The van der Waals surface area contributed by atoms with Crippen LogP contribution in [0.3, 0.4) is 0 Å². The average molecular weight is 579 g/mol. The van der Waals surface area contributed by atoms with Crippen molar-refractivity contribution in [3.63, 3.8) is 0 Å². The number of aromatic nitrogens is 3. The van der Waals surface area contributed by atoms with E-state index >= 15 is 0 Å². The molecule has 0 bridgehead atoms. The molecule has 10 nitrogen and oxygen atoms in total. The van der Waals surface area contributed by atoms with Crippen LogP contribution >= 0.6 is 11.3 Å². The molecular formula is C30H38N6O4S. The van der Waals surface area contributed by atoms with E-state index in [0.29, 0.717) is 42.9 Å². The number of anilines is 2. The molecule has 0 unspecified atom stereocenters. The van der Waals surface area contributed by atoms with E-state index in [1.807, 2.05) is 18.7 Å². The summed E-state index contributed by atoms with van der Waals surface area (Å²) in [5.74, 6) is 0.0826. The summed E-state index contributed by atoms with van der Waals surface area (Å²) < 4.78 is 5.58. The molecule has 2 fully saturated rings. The summed E-state index contributed by atoms with van der Waals surface area (Å²) in [6.45, 7) is 9.36. The fourth-order valence-electron chi connectivity index (χ4n) is 6.02. The molecule has 2 N–H and O–H groups in total. The van der Waals surface area contributed by atoms with Gasteiger partial charge in [0.05, 0.1) is 31.1 Å². The molecular weight excluding hydrogens is 540 g/mol. The number of amides is 1. The zero-order chi connectivity index (χ0) is 29.1. The van der Waals surface area contributed by atoms with Crippen LogP contribution in [-0.2, 0) is 11.3 Å². The molecule has 0 saturated carbocycles. The van der Waals surface area contributed by atoms with E-state index in [2.05, 4.69) is 39.2 Å². The predicted octanol–water partition coefficient (Wildman–Crippen LogP) is 5.15. The lowest BCUT2D eigenvalue weighted by Gasteiger charge is -2.30. The minimum Gasteiger partial charge on any atom is -0.496 e. The fraction of sp³-hybridized carbons (Fsp3) is 0.500. The van der Waals surface area contributed by atoms with Gasteiger partial charge in [0.15, 0.2) is 5.13 Å². The van der Waals surface area contributed by atoms with Crippen molar-refractivity contribution in [2.75, 3.05) is 37.0 Å². The zero-order valence-electron chi connectivity index (χ0n) is 24.1. The number of hydrogen-bond acceptors (Lipinski definition) is 9. The van der Waals surface area contributed by atoms with E-state index in [1.165, 1.54) is 30.4 Å². The first-order chi connectivity index (χ1) is 19.8. The van der Waals surface area contributed by atoms with E-state index in [4.69, 9.17) is 9.72 Å². The van der Waals surface area contributed by atoms with Crippen LogP contribution in [-0.4, -0.2) is 69.6 Å². The van der Waals surface area contributed by atoms with Gasteiger partial charge in [0.2, 0.25) is 0 Å². The van der Waals surface area contributed by atoms with E-state index in [0.717, 1.165) is 52.5 Å². The lowest BCUT2D eigenvalue weighted by atomic mass is 9.97. The number of nitrogens with zero attached hydrogens (tertiary/aromatic N) is 5. The number of rotatable bonds is 9. The molecule has 3 aromatic rings. The molecule has 1 aromatic carbocycles. The van der Waals surface area contributed by atoms with Gasteiger partial charge in [-0.2, -0.15) is 0 Å². The van der Waals surface area contributed by atoms with Crippen molar-refractivity contribution >= 4 is 34.2 Å². The van der Waals surface area contributed by atoms with Gasteiger partial charge in [-0.25, -0.2) is 15.0 Å². The fourth-order valence-corrected chi connectivity index (χ4v) is 7.02. The van der Waals surface area contributed by atoms with Gasteiger partial charge in [-0.15, -0.1) is 0 Å². The highest BCUT2D eigenvalue weighted by atomic mass is 32.1. The summed E-state index contributed by atoms with van der Waals surface area (Å²) >= 11 is 1.51. The third-order valence-electron chi connectivity index (χ3n) is 8.21. The number of aryl methyl sites for hydroxylation is 2. The largest absolute Gasteiger partial charge is 0.496 e. The number of methoxy groups -OCH3 is 1. The molecule has 2 saturated heterocycles. The van der Waals surface area contributed by atoms with Crippen molar-refractivity contribution in [2.45, 2.75) is 65.5 Å². The Bertz CT molecular complexity index is 1380. The number of carbonyl (C=O) groups is 2. The van der Waals surface area contributed by atoms with Crippen LogP contribution in [0.2, 0.25) is 0 Å². The Balaban J connectivity index is 1.35. The van der Waals surface area contributed by atoms with Crippen LogP contribution in [0, 0.1) is 19.8 Å². The first-order valence-electron chi connectivity index (χ1n) is 14.3. The molecule has 5 rings (SSSR count). The summed E-state index contributed by atoms with van der Waals surface area (Å²) in [6, 6.07) is 4.76. The second-order valence-corrected chi connectivity index (χ2v) is 12.0. The molecule has 11 heteroatoms. The molecule has 218 valence electrons. The molecule has 1 amide bonds. The van der Waals surface area contributed by atoms with Gasteiger partial charge in [0.1, 0.15) is 17.3 Å². The van der Waals surface area contributed by atoms with Gasteiger partial charge in [-0.3, -0.25) is 19.8 Å². The monoisotopic (exact) mass is 578 g/mol. The van der Waals surface area contributed by atoms with Crippen molar-refractivity contribution in [3.05, 3.63) is 46.2 Å². The van der Waals surface area contributed by atoms with Crippen LogP contribution in [0.5, 0.6) is 5.75 Å². The Labute approximate surface area is 244 Å². The van der Waals surface area contributed by atoms with Gasteiger partial charge in [-0.1, -0.05) is 18.3 Å². The quantitative estimate of drug-likeness (QED) is 0.355. The number of nitrogens with one attached hydrogen (secondary N) is 1. The highest BCUT2D eigenvalue weighted by Crippen LogP contribution is 2.37. The summed E-state index contributed by atoms with van der Waals surface area (Å²) in [4.78, 5) is 43.8. The van der Waals surface area contributed by atoms with Crippen LogP contribution in [0.4, 0.5) is 10.9 Å². The molecule has 2 aromatic heterocycles. The Morgan fingerprint density at radius 1 is 1.10 bits per heavy atom. The maximum Gasteiger partial charge on any atom is 0.306 e. The van der Waals surface area contributed by atoms with E-state index in [9.17, 15) is 14.7 Å². The summed E-state index contributed by atoms with van der Waals surface area (Å²) in [6.07, 6.45) is 7.70. The number of carboxylic acids is 1. The number of benzene rings is 1. The average Bonchev–Trinajstić information content (AvgIpc) is 3.59. The first kappa shape index (κ1) is 28.9. The maximum atomic E-state index is 13.2. The lowest BCUT2D eigenvalue weighted by Crippen LogP contribution is -2.36. The van der Waals surface area contributed by atoms with E-state index < -0.39 is 5.97 Å². The minimum atomic E-state index is -0.751. The summed E-state index contributed by atoms with van der Waals surface area (Å²) in [5.41, 5.74) is 4.18. The van der Waals surface area contributed by atoms with Crippen LogP contribution in [0.15, 0.2) is 24.5 Å². The van der Waals surface area contributed by atoms with Crippen molar-refractivity contribution in [3.8, 4) is 17.0 Å². The number of carbonyl (C=O) groups excluding carboxylic acids is 1. The predicted molar refractivity (Wildman–Crippen MR) is 160 cm³/mol. The van der Waals surface area contributed by atoms with E-state index in [-0.39, 0.29) is 17.5 Å². The van der Waals surface area contributed by atoms with Crippen molar-refractivity contribution in [1.82, 2.24) is 19.9 Å². The lowest BCUT2D eigenvalue weighted by molar-refractivity contribution is -0.142. The second kappa shape index (κ2) is 12.5. The number of likely N-dealkylation sites (tertiary alicyclic amines) is 1. The molecule has 0 aliphatic carbocycles. The second-order valence-electron chi connectivity index (χ2n) is 10.9. The maximum absolute atomic E-state index is 13.2. The van der Waals surface area contributed by atoms with Gasteiger partial charge in [0.25, 0.3) is 5.91 Å². The Hall–Kier alpha value is -3.57. The number of carboxylic acid groups (broad SMARTS) is 1.